The second-order valence-corrected chi connectivity index (χ2v) is 10.5. The third-order valence-electron chi connectivity index (χ3n) is 5.43. The van der Waals surface area contributed by atoms with E-state index in [9.17, 15) is 13.2 Å². The minimum Gasteiger partial charge on any atom is -0.349 e. The van der Waals surface area contributed by atoms with E-state index in [1.54, 1.807) is 12.1 Å². The second kappa shape index (κ2) is 9.38. The summed E-state index contributed by atoms with van der Waals surface area (Å²) in [5.74, 6) is 0.112. The Hall–Kier alpha value is -2.42. The molecule has 0 aliphatic carbocycles. The molecule has 2 heterocycles. The number of thioether (sulfide) groups is 1. The average molecular weight is 456 g/mol. The fourth-order valence-electron chi connectivity index (χ4n) is 3.81. The Morgan fingerprint density at radius 2 is 1.84 bits per heavy atom. The van der Waals surface area contributed by atoms with Gasteiger partial charge in [-0.15, -0.1) is 0 Å². The van der Waals surface area contributed by atoms with E-state index in [2.05, 4.69) is 28.5 Å². The first-order valence-electron chi connectivity index (χ1n) is 10.3. The normalized spacial score (nSPS) is 15.8. The fourth-order valence-corrected chi connectivity index (χ4v) is 5.93. The number of pyridine rings is 1. The Morgan fingerprint density at radius 1 is 1.10 bits per heavy atom. The topological polar surface area (TPSA) is 79.4 Å². The first-order chi connectivity index (χ1) is 14.9. The molecule has 0 spiro atoms. The highest BCUT2D eigenvalue weighted by atomic mass is 32.2. The Labute approximate surface area is 187 Å². The minimum atomic E-state index is -3.47. The van der Waals surface area contributed by atoms with E-state index in [4.69, 9.17) is 0 Å². The van der Waals surface area contributed by atoms with Crippen LogP contribution in [0.25, 0.3) is 10.8 Å². The van der Waals surface area contributed by atoms with E-state index in [0.29, 0.717) is 18.1 Å². The largest absolute Gasteiger partial charge is 0.349 e. The first-order valence-corrected chi connectivity index (χ1v) is 12.7. The highest BCUT2D eigenvalue weighted by Gasteiger charge is 2.27. The van der Waals surface area contributed by atoms with Gasteiger partial charge in [-0.25, -0.2) is 13.4 Å². The molecule has 1 N–H and O–H groups in total. The fraction of sp³-hybridized carbons (Fsp3) is 0.304. The average Bonchev–Trinajstić information content (AvgIpc) is 3.33. The molecule has 1 aliphatic heterocycles. The van der Waals surface area contributed by atoms with Gasteiger partial charge in [0.15, 0.2) is 0 Å². The molecule has 1 unspecified atom stereocenters. The number of aromatic nitrogens is 1. The van der Waals surface area contributed by atoms with Gasteiger partial charge in [0.25, 0.3) is 0 Å². The van der Waals surface area contributed by atoms with Gasteiger partial charge in [-0.3, -0.25) is 4.79 Å². The Kier molecular flexibility index (Phi) is 6.60. The van der Waals surface area contributed by atoms with Crippen molar-refractivity contribution in [2.24, 2.45) is 0 Å². The van der Waals surface area contributed by atoms with Crippen molar-refractivity contribution >= 4 is 38.5 Å². The predicted octanol–water partition coefficient (Wildman–Crippen LogP) is 3.99. The molecule has 8 heteroatoms. The quantitative estimate of drug-likeness (QED) is 0.545. The zero-order chi connectivity index (χ0) is 21.8. The lowest BCUT2D eigenvalue weighted by Crippen LogP contribution is -2.28. The molecule has 0 bridgehead atoms. The monoisotopic (exact) mass is 455 g/mol. The number of sulfonamides is 1. The van der Waals surface area contributed by atoms with Crippen molar-refractivity contribution in [3.05, 3.63) is 66.4 Å². The Bertz CT molecular complexity index is 1170. The van der Waals surface area contributed by atoms with Gasteiger partial charge in [-0.05, 0) is 48.2 Å². The van der Waals surface area contributed by atoms with Crippen LogP contribution >= 0.6 is 11.8 Å². The number of rotatable bonds is 7. The van der Waals surface area contributed by atoms with Crippen LogP contribution in [-0.2, 0) is 14.8 Å². The van der Waals surface area contributed by atoms with Crippen molar-refractivity contribution in [1.82, 2.24) is 14.6 Å². The number of amides is 1. The molecule has 162 valence electrons. The molecule has 31 heavy (non-hydrogen) atoms. The van der Waals surface area contributed by atoms with Crippen molar-refractivity contribution in [2.45, 2.75) is 35.7 Å². The summed E-state index contributed by atoms with van der Waals surface area (Å²) in [5, 5.41) is 5.93. The third-order valence-corrected chi connectivity index (χ3v) is 8.26. The van der Waals surface area contributed by atoms with Crippen molar-refractivity contribution < 1.29 is 13.2 Å². The molecule has 2 aromatic carbocycles. The van der Waals surface area contributed by atoms with Crippen LogP contribution in [0.3, 0.4) is 0 Å². The molecule has 1 aromatic heterocycles. The van der Waals surface area contributed by atoms with Gasteiger partial charge >= 0.3 is 0 Å². The molecule has 1 amide bonds. The van der Waals surface area contributed by atoms with Crippen molar-refractivity contribution in [2.75, 3.05) is 18.8 Å². The van der Waals surface area contributed by atoms with E-state index in [-0.39, 0.29) is 22.6 Å². The molecule has 3 aromatic rings. The molecular formula is C23H25N3O3S2. The molecule has 1 saturated heterocycles. The summed E-state index contributed by atoms with van der Waals surface area (Å²) in [5.41, 5.74) is 1.08. The number of carbonyl (C=O) groups is 1. The summed E-state index contributed by atoms with van der Waals surface area (Å²) in [6.07, 6.45) is 3.17. The smallest absolute Gasteiger partial charge is 0.244 e. The lowest BCUT2D eigenvalue weighted by atomic mass is 10.00. The number of nitrogens with zero attached hydrogens (tertiary/aromatic N) is 2. The number of carbonyl (C=O) groups excluding carboxylic acids is 1. The van der Waals surface area contributed by atoms with Crippen LogP contribution in [0.2, 0.25) is 0 Å². The maximum atomic E-state index is 12.6. The molecule has 4 rings (SSSR count). The van der Waals surface area contributed by atoms with Crippen LogP contribution in [0, 0.1) is 0 Å². The van der Waals surface area contributed by atoms with Crippen molar-refractivity contribution in [3.8, 4) is 0 Å². The van der Waals surface area contributed by atoms with Gasteiger partial charge < -0.3 is 5.32 Å². The summed E-state index contributed by atoms with van der Waals surface area (Å²) in [4.78, 5) is 16.9. The SMILES string of the molecule is CC(NC(=O)CSc1ccc(S(=O)(=O)N2CCCC2)cn1)c1cccc2ccccc12. The predicted molar refractivity (Wildman–Crippen MR) is 123 cm³/mol. The summed E-state index contributed by atoms with van der Waals surface area (Å²) in [7, 11) is -3.47. The number of hydrogen-bond donors (Lipinski definition) is 1. The molecular weight excluding hydrogens is 430 g/mol. The Morgan fingerprint density at radius 3 is 2.58 bits per heavy atom. The summed E-state index contributed by atoms with van der Waals surface area (Å²) >= 11 is 1.29. The molecule has 0 saturated carbocycles. The first kappa shape index (κ1) is 21.8. The lowest BCUT2D eigenvalue weighted by Gasteiger charge is -2.17. The van der Waals surface area contributed by atoms with Gasteiger partial charge in [-0.1, -0.05) is 54.2 Å². The standard InChI is InChI=1S/C23H25N3O3S2/c1-17(20-10-6-8-18-7-2-3-9-21(18)20)25-22(27)16-30-23-12-11-19(15-24-23)31(28,29)26-13-4-5-14-26/h2-3,6-12,15,17H,4-5,13-14,16H2,1H3,(H,25,27). The van der Waals surface area contributed by atoms with Gasteiger partial charge in [0, 0.05) is 19.3 Å². The molecule has 1 aliphatic rings. The summed E-state index contributed by atoms with van der Waals surface area (Å²) in [6, 6.07) is 17.3. The molecule has 0 radical (unpaired) electrons. The third kappa shape index (κ3) is 4.92. The van der Waals surface area contributed by atoms with Gasteiger partial charge in [0.1, 0.15) is 4.90 Å². The highest BCUT2D eigenvalue weighted by molar-refractivity contribution is 7.99. The number of fused-ring (bicyclic) bond motifs is 1. The number of nitrogens with one attached hydrogen (secondary N) is 1. The van der Waals surface area contributed by atoms with Crippen LogP contribution in [0.1, 0.15) is 31.4 Å². The van der Waals surface area contributed by atoms with Crippen LogP contribution in [-0.4, -0.2) is 42.5 Å². The van der Waals surface area contributed by atoms with Crippen LogP contribution in [0.5, 0.6) is 0 Å². The maximum absolute atomic E-state index is 12.6. The molecule has 1 atom stereocenters. The Balaban J connectivity index is 1.35. The maximum Gasteiger partial charge on any atom is 0.244 e. The second-order valence-electron chi connectivity index (χ2n) is 7.59. The van der Waals surface area contributed by atoms with Crippen molar-refractivity contribution in [1.29, 1.82) is 0 Å². The minimum absolute atomic E-state index is 0.0963. The number of hydrogen-bond acceptors (Lipinski definition) is 5. The van der Waals surface area contributed by atoms with E-state index in [1.165, 1.54) is 22.3 Å². The van der Waals surface area contributed by atoms with E-state index >= 15 is 0 Å². The summed E-state index contributed by atoms with van der Waals surface area (Å²) < 4.78 is 26.7. The molecule has 6 nitrogen and oxygen atoms in total. The zero-order valence-corrected chi connectivity index (χ0v) is 19.0. The van der Waals surface area contributed by atoms with Gasteiger partial charge in [-0.2, -0.15) is 4.31 Å². The van der Waals surface area contributed by atoms with Crippen molar-refractivity contribution in [3.63, 3.8) is 0 Å². The van der Waals surface area contributed by atoms with Gasteiger partial charge in [0.2, 0.25) is 15.9 Å². The number of benzene rings is 2. The highest BCUT2D eigenvalue weighted by Crippen LogP contribution is 2.25. The lowest BCUT2D eigenvalue weighted by molar-refractivity contribution is -0.119. The van der Waals surface area contributed by atoms with Crippen LogP contribution in [0.15, 0.2) is 70.7 Å². The summed E-state index contributed by atoms with van der Waals surface area (Å²) in [6.45, 7) is 3.10. The van der Waals surface area contributed by atoms with Crippen LogP contribution < -0.4 is 5.32 Å². The van der Waals surface area contributed by atoms with E-state index in [1.807, 2.05) is 31.2 Å². The van der Waals surface area contributed by atoms with Gasteiger partial charge in [0.05, 0.1) is 16.8 Å². The van der Waals surface area contributed by atoms with E-state index in [0.717, 1.165) is 29.2 Å². The van der Waals surface area contributed by atoms with Crippen LogP contribution in [0.4, 0.5) is 0 Å². The zero-order valence-electron chi connectivity index (χ0n) is 17.3. The van der Waals surface area contributed by atoms with E-state index < -0.39 is 10.0 Å². The molecule has 1 fully saturated rings.